The molecule has 0 rings (SSSR count). The molecule has 0 aliphatic rings. The summed E-state index contributed by atoms with van der Waals surface area (Å²) in [4.78, 5) is 32.8. The summed E-state index contributed by atoms with van der Waals surface area (Å²) in [6, 6.07) is 0. The molecular formula is C9H15NO4. The second-order valence-electron chi connectivity index (χ2n) is 2.86. The van der Waals surface area contributed by atoms with E-state index in [1.165, 1.54) is 13.8 Å². The van der Waals surface area contributed by atoms with Crippen LogP contribution in [0.15, 0.2) is 0 Å². The molecule has 0 aromatic carbocycles. The van der Waals surface area contributed by atoms with Crippen LogP contribution in [0, 0.1) is 5.92 Å². The van der Waals surface area contributed by atoms with E-state index in [1.807, 2.05) is 0 Å². The summed E-state index contributed by atoms with van der Waals surface area (Å²) < 4.78 is 4.59. The van der Waals surface area contributed by atoms with E-state index in [-0.39, 0.29) is 18.9 Å². The van der Waals surface area contributed by atoms with Gasteiger partial charge in [-0.25, -0.2) is 0 Å². The molecule has 0 aliphatic carbocycles. The first-order chi connectivity index (χ1) is 6.49. The molecule has 14 heavy (non-hydrogen) atoms. The Bertz CT molecular complexity index is 237. The van der Waals surface area contributed by atoms with Gasteiger partial charge in [0.1, 0.15) is 12.3 Å². The van der Waals surface area contributed by atoms with E-state index < -0.39 is 17.8 Å². The van der Waals surface area contributed by atoms with Crippen molar-refractivity contribution in [1.82, 2.24) is 5.32 Å². The fourth-order valence-corrected chi connectivity index (χ4v) is 0.709. The van der Waals surface area contributed by atoms with Crippen LogP contribution in [0.4, 0.5) is 0 Å². The van der Waals surface area contributed by atoms with E-state index in [1.54, 1.807) is 6.92 Å². The molecule has 5 nitrogen and oxygen atoms in total. The second-order valence-corrected chi connectivity index (χ2v) is 2.86. The van der Waals surface area contributed by atoms with Gasteiger partial charge in [-0.1, -0.05) is 0 Å². The van der Waals surface area contributed by atoms with Gasteiger partial charge in [0.2, 0.25) is 5.91 Å². The summed E-state index contributed by atoms with van der Waals surface area (Å²) in [6.45, 7) is 4.58. The van der Waals surface area contributed by atoms with Crippen molar-refractivity contribution in [1.29, 1.82) is 0 Å². The lowest BCUT2D eigenvalue weighted by molar-refractivity contribution is -0.144. The number of ketones is 1. The molecule has 0 bridgehead atoms. The third kappa shape index (κ3) is 4.59. The summed E-state index contributed by atoms with van der Waals surface area (Å²) in [7, 11) is 0. The Morgan fingerprint density at radius 2 is 1.93 bits per heavy atom. The van der Waals surface area contributed by atoms with E-state index in [0.717, 1.165) is 0 Å². The van der Waals surface area contributed by atoms with Crippen LogP contribution < -0.4 is 5.32 Å². The van der Waals surface area contributed by atoms with Crippen molar-refractivity contribution in [3.8, 4) is 0 Å². The fraction of sp³-hybridized carbons (Fsp3) is 0.667. The zero-order valence-electron chi connectivity index (χ0n) is 8.62. The molecule has 0 aromatic rings. The maximum Gasteiger partial charge on any atom is 0.325 e. The van der Waals surface area contributed by atoms with E-state index in [0.29, 0.717) is 0 Å². The monoisotopic (exact) mass is 201 g/mol. The van der Waals surface area contributed by atoms with E-state index in [2.05, 4.69) is 10.1 Å². The molecule has 1 atom stereocenters. The largest absolute Gasteiger partial charge is 0.465 e. The van der Waals surface area contributed by atoms with Crippen LogP contribution >= 0.6 is 0 Å². The summed E-state index contributed by atoms with van der Waals surface area (Å²) in [6.07, 6.45) is 0. The molecule has 0 saturated carbocycles. The number of esters is 1. The number of nitrogens with one attached hydrogen (secondary N) is 1. The van der Waals surface area contributed by atoms with Crippen LogP contribution in [0.3, 0.4) is 0 Å². The van der Waals surface area contributed by atoms with Gasteiger partial charge in [-0.15, -0.1) is 0 Å². The van der Waals surface area contributed by atoms with Crippen LogP contribution in [0.2, 0.25) is 0 Å². The Kier molecular flexibility index (Phi) is 5.52. The molecule has 0 radical (unpaired) electrons. The predicted octanol–water partition coefficient (Wildman–Crippen LogP) is -0.109. The Balaban J connectivity index is 3.85. The van der Waals surface area contributed by atoms with Crippen molar-refractivity contribution in [2.75, 3.05) is 13.2 Å². The van der Waals surface area contributed by atoms with Gasteiger partial charge in [-0.05, 0) is 20.8 Å². The van der Waals surface area contributed by atoms with Crippen molar-refractivity contribution < 1.29 is 19.1 Å². The third-order valence-electron chi connectivity index (χ3n) is 1.72. The second kappa shape index (κ2) is 6.12. The molecule has 0 fully saturated rings. The highest BCUT2D eigenvalue weighted by Gasteiger charge is 2.17. The molecule has 80 valence electrons. The minimum atomic E-state index is -0.718. The zero-order valence-corrected chi connectivity index (χ0v) is 8.62. The molecular weight excluding hydrogens is 186 g/mol. The molecule has 0 aromatic heterocycles. The number of carbonyl (C=O) groups is 3. The smallest absolute Gasteiger partial charge is 0.325 e. The topological polar surface area (TPSA) is 72.5 Å². The Morgan fingerprint density at radius 3 is 2.36 bits per heavy atom. The van der Waals surface area contributed by atoms with Gasteiger partial charge in [0.25, 0.3) is 0 Å². The summed E-state index contributed by atoms with van der Waals surface area (Å²) >= 11 is 0. The number of hydrogen-bond donors (Lipinski definition) is 1. The van der Waals surface area contributed by atoms with Gasteiger partial charge < -0.3 is 10.1 Å². The minimum absolute atomic E-state index is 0.190. The highest BCUT2D eigenvalue weighted by atomic mass is 16.5. The highest BCUT2D eigenvalue weighted by molar-refractivity contribution is 6.00. The highest BCUT2D eigenvalue weighted by Crippen LogP contribution is 1.95. The number of Topliss-reactive ketones (excluding diaryl/α,β-unsaturated/α-hetero) is 1. The first-order valence-corrected chi connectivity index (χ1v) is 4.42. The molecule has 5 heteroatoms. The average molecular weight is 201 g/mol. The van der Waals surface area contributed by atoms with Crippen molar-refractivity contribution in [2.45, 2.75) is 20.8 Å². The van der Waals surface area contributed by atoms with Crippen LogP contribution in [0.25, 0.3) is 0 Å². The standard InChI is InChI=1S/C9H15NO4/c1-4-14-8(12)5-10-9(13)6(2)7(3)11/h6H,4-5H2,1-3H3,(H,10,13). The lowest BCUT2D eigenvalue weighted by Gasteiger charge is -2.08. The molecule has 0 aliphatic heterocycles. The number of amides is 1. The molecule has 0 heterocycles. The fourth-order valence-electron chi connectivity index (χ4n) is 0.709. The lowest BCUT2D eigenvalue weighted by Crippen LogP contribution is -2.36. The van der Waals surface area contributed by atoms with Gasteiger partial charge in [0.05, 0.1) is 12.5 Å². The molecule has 1 amide bonds. The van der Waals surface area contributed by atoms with Crippen molar-refractivity contribution in [2.24, 2.45) is 5.92 Å². The molecule has 0 spiro atoms. The van der Waals surface area contributed by atoms with Gasteiger partial charge in [0.15, 0.2) is 0 Å². The number of carbonyl (C=O) groups excluding carboxylic acids is 3. The van der Waals surface area contributed by atoms with E-state index in [9.17, 15) is 14.4 Å². The normalized spacial score (nSPS) is 11.6. The van der Waals surface area contributed by atoms with Crippen LogP contribution in [0.1, 0.15) is 20.8 Å². The Morgan fingerprint density at radius 1 is 1.36 bits per heavy atom. The van der Waals surface area contributed by atoms with Crippen molar-refractivity contribution >= 4 is 17.7 Å². The first-order valence-electron chi connectivity index (χ1n) is 4.42. The van der Waals surface area contributed by atoms with E-state index in [4.69, 9.17) is 0 Å². The maximum atomic E-state index is 11.2. The first kappa shape index (κ1) is 12.6. The van der Waals surface area contributed by atoms with Gasteiger partial charge >= 0.3 is 5.97 Å². The lowest BCUT2D eigenvalue weighted by atomic mass is 10.1. The number of rotatable bonds is 5. The Labute approximate surface area is 82.8 Å². The van der Waals surface area contributed by atoms with Crippen LogP contribution in [-0.2, 0) is 19.1 Å². The molecule has 1 unspecified atom stereocenters. The molecule has 1 N–H and O–H groups in total. The SMILES string of the molecule is CCOC(=O)CNC(=O)C(C)C(C)=O. The van der Waals surface area contributed by atoms with Crippen molar-refractivity contribution in [3.05, 3.63) is 0 Å². The van der Waals surface area contributed by atoms with Crippen molar-refractivity contribution in [3.63, 3.8) is 0 Å². The summed E-state index contributed by atoms with van der Waals surface area (Å²) in [5, 5.41) is 2.31. The quantitative estimate of drug-likeness (QED) is 0.497. The summed E-state index contributed by atoms with van der Waals surface area (Å²) in [5.41, 5.74) is 0. The van der Waals surface area contributed by atoms with E-state index >= 15 is 0 Å². The number of hydrogen-bond acceptors (Lipinski definition) is 4. The van der Waals surface area contributed by atoms with Gasteiger partial charge in [-0.3, -0.25) is 14.4 Å². The predicted molar refractivity (Wildman–Crippen MR) is 49.5 cm³/mol. The van der Waals surface area contributed by atoms with Crippen LogP contribution in [-0.4, -0.2) is 30.8 Å². The third-order valence-corrected chi connectivity index (χ3v) is 1.72. The average Bonchev–Trinajstić information content (AvgIpc) is 2.13. The Hall–Kier alpha value is -1.39. The van der Waals surface area contributed by atoms with Crippen LogP contribution in [0.5, 0.6) is 0 Å². The maximum absolute atomic E-state index is 11.2. The van der Waals surface area contributed by atoms with Gasteiger partial charge in [0, 0.05) is 0 Å². The summed E-state index contributed by atoms with van der Waals surface area (Å²) in [5.74, 6) is -1.90. The number of ether oxygens (including phenoxy) is 1. The zero-order chi connectivity index (χ0) is 11.1. The van der Waals surface area contributed by atoms with Gasteiger partial charge in [-0.2, -0.15) is 0 Å². The molecule has 0 saturated heterocycles. The minimum Gasteiger partial charge on any atom is -0.465 e.